The smallest absolute Gasteiger partial charge is 0.0822 e. The fourth-order valence-electron chi connectivity index (χ4n) is 2.88. The first-order chi connectivity index (χ1) is 8.75. The topological polar surface area (TPSA) is 28.6 Å². The number of aromatic nitrogens is 1. The van der Waals surface area contributed by atoms with Gasteiger partial charge in [0.2, 0.25) is 0 Å². The Labute approximate surface area is 112 Å². The van der Waals surface area contributed by atoms with Gasteiger partial charge in [-0.1, -0.05) is 11.6 Å². The van der Waals surface area contributed by atoms with Gasteiger partial charge in [0, 0.05) is 32.0 Å². The molecule has 2 aliphatic rings. The van der Waals surface area contributed by atoms with Gasteiger partial charge in [0.1, 0.15) is 0 Å². The molecule has 2 atom stereocenters. The Morgan fingerprint density at radius 1 is 1.44 bits per heavy atom. The highest BCUT2D eigenvalue weighted by atomic mass is 35.5. The molecule has 18 heavy (non-hydrogen) atoms. The third-order valence-corrected chi connectivity index (χ3v) is 4.25. The van der Waals surface area contributed by atoms with Gasteiger partial charge in [-0.05, 0) is 19.5 Å². The number of hydrogen-bond donors (Lipinski definition) is 0. The molecule has 5 heteroatoms. The third kappa shape index (κ3) is 2.20. The molecule has 3 rings (SSSR count). The predicted molar refractivity (Wildman–Crippen MR) is 72.2 cm³/mol. The van der Waals surface area contributed by atoms with Gasteiger partial charge in [0.05, 0.1) is 29.5 Å². The van der Waals surface area contributed by atoms with Crippen molar-refractivity contribution in [3.05, 3.63) is 23.5 Å². The van der Waals surface area contributed by atoms with Crippen LogP contribution in [-0.2, 0) is 4.74 Å². The summed E-state index contributed by atoms with van der Waals surface area (Å²) in [6.45, 7) is 3.84. The fourth-order valence-corrected chi connectivity index (χ4v) is 3.12. The predicted octanol–water partition coefficient (Wildman–Crippen LogP) is 1.64. The van der Waals surface area contributed by atoms with Crippen molar-refractivity contribution in [3.8, 4) is 0 Å². The molecule has 98 valence electrons. The van der Waals surface area contributed by atoms with Gasteiger partial charge in [-0.15, -0.1) is 0 Å². The highest BCUT2D eigenvalue weighted by Gasteiger charge is 2.35. The molecule has 2 saturated heterocycles. The minimum Gasteiger partial charge on any atom is -0.375 e. The molecule has 0 bridgehead atoms. The van der Waals surface area contributed by atoms with Gasteiger partial charge in [0.25, 0.3) is 0 Å². The average Bonchev–Trinajstić information content (AvgIpc) is 2.40. The van der Waals surface area contributed by atoms with E-state index in [-0.39, 0.29) is 0 Å². The number of hydrogen-bond acceptors (Lipinski definition) is 4. The van der Waals surface area contributed by atoms with Gasteiger partial charge in [-0.2, -0.15) is 0 Å². The average molecular weight is 268 g/mol. The molecule has 0 radical (unpaired) electrons. The largest absolute Gasteiger partial charge is 0.375 e. The molecule has 1 aromatic rings. The van der Waals surface area contributed by atoms with Crippen LogP contribution in [0.15, 0.2) is 18.5 Å². The summed E-state index contributed by atoms with van der Waals surface area (Å²) in [4.78, 5) is 8.78. The van der Waals surface area contributed by atoms with Crippen molar-refractivity contribution in [3.63, 3.8) is 0 Å². The van der Waals surface area contributed by atoms with Gasteiger partial charge in [-0.25, -0.2) is 0 Å². The first-order valence-corrected chi connectivity index (χ1v) is 6.80. The summed E-state index contributed by atoms with van der Waals surface area (Å²) >= 11 is 6.22. The number of rotatable bonds is 1. The van der Waals surface area contributed by atoms with Crippen molar-refractivity contribution in [2.75, 3.05) is 38.2 Å². The lowest BCUT2D eigenvalue weighted by Gasteiger charge is -2.46. The molecule has 3 heterocycles. The number of ether oxygens (including phenoxy) is 1. The highest BCUT2D eigenvalue weighted by Crippen LogP contribution is 2.30. The second-order valence-electron chi connectivity index (χ2n) is 5.02. The van der Waals surface area contributed by atoms with Gasteiger partial charge < -0.3 is 9.64 Å². The fraction of sp³-hybridized carbons (Fsp3) is 0.615. The van der Waals surface area contributed by atoms with Crippen LogP contribution in [0.25, 0.3) is 0 Å². The van der Waals surface area contributed by atoms with E-state index >= 15 is 0 Å². The van der Waals surface area contributed by atoms with Crippen LogP contribution in [0.4, 0.5) is 5.69 Å². The van der Waals surface area contributed by atoms with Gasteiger partial charge in [0.15, 0.2) is 0 Å². The second-order valence-corrected chi connectivity index (χ2v) is 5.43. The molecule has 2 unspecified atom stereocenters. The summed E-state index contributed by atoms with van der Waals surface area (Å²) in [5.74, 6) is 0. The van der Waals surface area contributed by atoms with Crippen LogP contribution in [0.3, 0.4) is 0 Å². The molecular formula is C13H18ClN3O. The van der Waals surface area contributed by atoms with Crippen molar-refractivity contribution in [1.29, 1.82) is 0 Å². The molecule has 0 spiro atoms. The summed E-state index contributed by atoms with van der Waals surface area (Å²) < 4.78 is 5.85. The number of pyridine rings is 1. The molecule has 2 fully saturated rings. The molecule has 0 N–H and O–H groups in total. The number of anilines is 1. The maximum atomic E-state index is 6.22. The van der Waals surface area contributed by atoms with E-state index in [1.165, 1.54) is 0 Å². The second kappa shape index (κ2) is 5.03. The lowest BCUT2D eigenvalue weighted by atomic mass is 9.99. The van der Waals surface area contributed by atoms with E-state index in [1.807, 2.05) is 6.07 Å². The number of morpholine rings is 1. The zero-order chi connectivity index (χ0) is 12.5. The molecule has 0 amide bonds. The summed E-state index contributed by atoms with van der Waals surface area (Å²) in [5, 5.41) is 0.732. The maximum Gasteiger partial charge on any atom is 0.0822 e. The lowest BCUT2D eigenvalue weighted by Crippen LogP contribution is -2.58. The zero-order valence-corrected chi connectivity index (χ0v) is 11.3. The van der Waals surface area contributed by atoms with Gasteiger partial charge in [-0.3, -0.25) is 9.88 Å². The van der Waals surface area contributed by atoms with Crippen molar-refractivity contribution in [1.82, 2.24) is 9.88 Å². The Bertz CT molecular complexity index is 428. The number of nitrogens with zero attached hydrogens (tertiary/aromatic N) is 3. The van der Waals surface area contributed by atoms with Crippen LogP contribution >= 0.6 is 11.6 Å². The SMILES string of the molecule is CN1CCOC2CCN(c3ccncc3Cl)CC21. The Hall–Kier alpha value is -0.840. The molecule has 1 aromatic heterocycles. The van der Waals surface area contributed by atoms with E-state index in [1.54, 1.807) is 12.4 Å². The standard InChI is InChI=1S/C13H18ClN3O/c1-16-6-7-18-13-3-5-17(9-12(13)16)11-2-4-15-8-10(11)14/h2,4,8,12-13H,3,5-7,9H2,1H3. The molecule has 0 saturated carbocycles. The van der Waals surface area contributed by atoms with E-state index in [0.717, 1.165) is 43.4 Å². The summed E-state index contributed by atoms with van der Waals surface area (Å²) in [6.07, 6.45) is 4.95. The Balaban J connectivity index is 1.78. The van der Waals surface area contributed by atoms with Crippen LogP contribution in [-0.4, -0.2) is 55.3 Å². The van der Waals surface area contributed by atoms with E-state index in [9.17, 15) is 0 Å². The molecule has 4 nitrogen and oxygen atoms in total. The zero-order valence-electron chi connectivity index (χ0n) is 10.6. The number of likely N-dealkylation sites (N-methyl/N-ethyl adjacent to an activating group) is 1. The Morgan fingerprint density at radius 2 is 2.33 bits per heavy atom. The molecule has 0 aliphatic carbocycles. The van der Waals surface area contributed by atoms with Crippen molar-refractivity contribution in [2.45, 2.75) is 18.6 Å². The Morgan fingerprint density at radius 3 is 3.17 bits per heavy atom. The summed E-state index contributed by atoms with van der Waals surface area (Å²) in [6, 6.07) is 2.46. The number of piperidine rings is 1. The lowest BCUT2D eigenvalue weighted by molar-refractivity contribution is -0.0687. The minimum atomic E-state index is 0.376. The van der Waals surface area contributed by atoms with Crippen LogP contribution < -0.4 is 4.90 Å². The molecule has 0 aromatic carbocycles. The normalized spacial score (nSPS) is 29.1. The monoisotopic (exact) mass is 267 g/mol. The van der Waals surface area contributed by atoms with Crippen molar-refractivity contribution in [2.24, 2.45) is 0 Å². The van der Waals surface area contributed by atoms with Crippen molar-refractivity contribution >= 4 is 17.3 Å². The van der Waals surface area contributed by atoms with Crippen LogP contribution in [0.5, 0.6) is 0 Å². The summed E-state index contributed by atoms with van der Waals surface area (Å²) in [5.41, 5.74) is 1.09. The van der Waals surface area contributed by atoms with E-state index in [2.05, 4.69) is 21.8 Å². The first-order valence-electron chi connectivity index (χ1n) is 6.42. The minimum absolute atomic E-state index is 0.376. The number of halogens is 1. The van der Waals surface area contributed by atoms with Crippen LogP contribution in [0.2, 0.25) is 5.02 Å². The maximum absolute atomic E-state index is 6.22. The Kier molecular flexibility index (Phi) is 3.41. The van der Waals surface area contributed by atoms with Crippen LogP contribution in [0, 0.1) is 0 Å². The quantitative estimate of drug-likeness (QED) is 0.774. The van der Waals surface area contributed by atoms with Gasteiger partial charge >= 0.3 is 0 Å². The third-order valence-electron chi connectivity index (χ3n) is 3.95. The van der Waals surface area contributed by atoms with E-state index in [0.29, 0.717) is 12.1 Å². The van der Waals surface area contributed by atoms with E-state index < -0.39 is 0 Å². The first kappa shape index (κ1) is 12.2. The molecule has 2 aliphatic heterocycles. The summed E-state index contributed by atoms with van der Waals surface area (Å²) in [7, 11) is 2.18. The van der Waals surface area contributed by atoms with Crippen molar-refractivity contribution < 1.29 is 4.74 Å². The van der Waals surface area contributed by atoms with E-state index in [4.69, 9.17) is 16.3 Å². The highest BCUT2D eigenvalue weighted by molar-refractivity contribution is 6.33. The molecular weight excluding hydrogens is 250 g/mol. The number of fused-ring (bicyclic) bond motifs is 1. The van der Waals surface area contributed by atoms with Crippen LogP contribution in [0.1, 0.15) is 6.42 Å².